The number of fused-ring (bicyclic) bond motifs is 9. The molecule has 0 saturated heterocycles. The summed E-state index contributed by atoms with van der Waals surface area (Å²) < 4.78 is 17.9. The van der Waals surface area contributed by atoms with Crippen molar-refractivity contribution in [1.29, 1.82) is 0 Å². The van der Waals surface area contributed by atoms with Crippen LogP contribution in [0.3, 0.4) is 0 Å². The van der Waals surface area contributed by atoms with Crippen molar-refractivity contribution in [2.45, 2.75) is 26.2 Å². The molecule has 8 nitrogen and oxygen atoms in total. The Hall–Kier alpha value is -6.44. The molecular weight excluding hydrogens is 886 g/mol. The molecule has 0 bridgehead atoms. The van der Waals surface area contributed by atoms with E-state index < -0.39 is 0 Å². The summed E-state index contributed by atoms with van der Waals surface area (Å²) in [5.74, 6) is 3.28. The number of para-hydroxylation sites is 5. The van der Waals surface area contributed by atoms with Gasteiger partial charge in [-0.1, -0.05) is 86.5 Å². The third kappa shape index (κ3) is 5.52. The van der Waals surface area contributed by atoms with Crippen LogP contribution in [-0.4, -0.2) is 30.6 Å². The molecule has 5 aromatic carbocycles. The van der Waals surface area contributed by atoms with Crippen molar-refractivity contribution in [1.82, 2.24) is 23.9 Å². The molecule has 11 rings (SSSR count). The van der Waals surface area contributed by atoms with Crippen molar-refractivity contribution in [2.75, 3.05) is 4.90 Å². The maximum atomic E-state index is 6.91. The van der Waals surface area contributed by atoms with Gasteiger partial charge in [-0.2, -0.15) is 47.4 Å². The minimum absolute atomic E-state index is 0. The van der Waals surface area contributed by atoms with E-state index in [0.29, 0.717) is 17.4 Å². The normalized spacial score (nSPS) is 12.6. The second-order valence-corrected chi connectivity index (χ2v) is 15.2. The summed E-state index contributed by atoms with van der Waals surface area (Å²) >= 11 is 0. The second kappa shape index (κ2) is 13.4. The summed E-state index contributed by atoms with van der Waals surface area (Å²) in [6.07, 6.45) is 1.79. The Labute approximate surface area is 343 Å². The molecule has 276 valence electrons. The minimum Gasteiger partial charge on any atom is -0.468 e. The average molecular weight is 920 g/mol. The fourth-order valence-corrected chi connectivity index (χ4v) is 8.18. The number of furan rings is 1. The number of hydrogen-bond donors (Lipinski definition) is 0. The zero-order valence-corrected chi connectivity index (χ0v) is 33.5. The van der Waals surface area contributed by atoms with Crippen LogP contribution >= 0.6 is 0 Å². The third-order valence-electron chi connectivity index (χ3n) is 10.7. The van der Waals surface area contributed by atoms with E-state index in [0.717, 1.165) is 78.2 Å². The number of pyridine rings is 2. The monoisotopic (exact) mass is 919 g/mol. The first-order valence-electron chi connectivity index (χ1n) is 18.7. The molecule has 0 N–H and O–H groups in total. The van der Waals surface area contributed by atoms with Gasteiger partial charge in [-0.3, -0.25) is 4.57 Å². The van der Waals surface area contributed by atoms with Gasteiger partial charge in [0.25, 0.3) is 6.71 Å². The second-order valence-electron chi connectivity index (χ2n) is 15.2. The zero-order valence-electron chi connectivity index (χ0n) is 31.2. The topological polar surface area (TPSA) is 73.6 Å². The molecule has 0 saturated carbocycles. The first-order valence-corrected chi connectivity index (χ1v) is 18.7. The molecule has 57 heavy (non-hydrogen) atoms. The molecule has 0 radical (unpaired) electrons. The SMILES string of the molecule is CC(C)(C)c1ccc(-n2c3[c-]cccc3n3c4ccccc4nc23)nc1Oc1cnc2c(c1)B(c1ccccc1)c1oc3ccccc3c1N2c1[c-]cccc1.[Pt+2]. The van der Waals surface area contributed by atoms with Crippen molar-refractivity contribution < 1.29 is 30.2 Å². The van der Waals surface area contributed by atoms with E-state index in [1.165, 1.54) is 0 Å². The van der Waals surface area contributed by atoms with Crippen molar-refractivity contribution in [3.05, 3.63) is 163 Å². The molecule has 0 amide bonds. The van der Waals surface area contributed by atoms with Crippen molar-refractivity contribution in [2.24, 2.45) is 0 Å². The summed E-state index contributed by atoms with van der Waals surface area (Å²) in [7, 11) is 0. The van der Waals surface area contributed by atoms with E-state index in [9.17, 15) is 0 Å². The van der Waals surface area contributed by atoms with Crippen LogP contribution in [-0.2, 0) is 26.5 Å². The number of anilines is 3. The van der Waals surface area contributed by atoms with Crippen LogP contribution in [0.2, 0.25) is 0 Å². The van der Waals surface area contributed by atoms with Crippen LogP contribution in [0.4, 0.5) is 17.2 Å². The Morgan fingerprint density at radius 2 is 1.53 bits per heavy atom. The predicted molar refractivity (Wildman–Crippen MR) is 224 cm³/mol. The van der Waals surface area contributed by atoms with Gasteiger partial charge < -0.3 is 18.5 Å². The van der Waals surface area contributed by atoms with Gasteiger partial charge in [0.15, 0.2) is 0 Å². The van der Waals surface area contributed by atoms with Gasteiger partial charge in [-0.15, -0.1) is 12.1 Å². The summed E-state index contributed by atoms with van der Waals surface area (Å²) in [4.78, 5) is 17.7. The molecular formula is C47H33BN6O2Pt. The minimum atomic E-state index is -0.277. The first-order chi connectivity index (χ1) is 27.4. The summed E-state index contributed by atoms with van der Waals surface area (Å²) in [5, 5.41) is 1.01. The van der Waals surface area contributed by atoms with Crippen LogP contribution < -0.4 is 26.2 Å². The summed E-state index contributed by atoms with van der Waals surface area (Å²) in [5.41, 5.74) is 10.0. The van der Waals surface area contributed by atoms with Crippen LogP contribution in [0.15, 0.2) is 150 Å². The van der Waals surface area contributed by atoms with E-state index >= 15 is 0 Å². The van der Waals surface area contributed by atoms with Gasteiger partial charge in [0.05, 0.1) is 28.6 Å². The smallest absolute Gasteiger partial charge is 0.468 e. The van der Waals surface area contributed by atoms with Gasteiger partial charge in [0, 0.05) is 10.9 Å². The Morgan fingerprint density at radius 3 is 2.37 bits per heavy atom. The molecule has 5 aromatic heterocycles. The quantitative estimate of drug-likeness (QED) is 0.127. The molecule has 1 aliphatic rings. The Morgan fingerprint density at radius 1 is 0.754 bits per heavy atom. The Balaban J connectivity index is 0.00000396. The molecule has 1 aliphatic heterocycles. The maximum Gasteiger partial charge on any atom is 2.00 e. The zero-order chi connectivity index (χ0) is 37.5. The maximum absolute atomic E-state index is 6.91. The van der Waals surface area contributed by atoms with Crippen molar-refractivity contribution in [3.63, 3.8) is 0 Å². The van der Waals surface area contributed by atoms with E-state index in [2.05, 4.69) is 107 Å². The third-order valence-corrected chi connectivity index (χ3v) is 10.7. The Kier molecular flexibility index (Phi) is 8.20. The van der Waals surface area contributed by atoms with E-state index in [1.807, 2.05) is 78.9 Å². The number of imidazole rings is 2. The van der Waals surface area contributed by atoms with Gasteiger partial charge in [0.2, 0.25) is 11.7 Å². The molecule has 0 aliphatic carbocycles. The van der Waals surface area contributed by atoms with Gasteiger partial charge in [-0.25, -0.2) is 9.97 Å². The molecule has 0 fully saturated rings. The number of benzene rings is 5. The van der Waals surface area contributed by atoms with Gasteiger partial charge in [0.1, 0.15) is 23.0 Å². The molecule has 0 spiro atoms. The predicted octanol–water partition coefficient (Wildman–Crippen LogP) is 8.95. The van der Waals surface area contributed by atoms with Crippen LogP contribution in [0.25, 0.3) is 44.6 Å². The molecule has 0 unspecified atom stereocenters. The summed E-state index contributed by atoms with van der Waals surface area (Å²) in [6.45, 7) is 6.25. The van der Waals surface area contributed by atoms with Crippen LogP contribution in [0.5, 0.6) is 11.6 Å². The number of aromatic nitrogens is 5. The molecule has 0 atom stereocenters. The fraction of sp³-hybridized carbons (Fsp3) is 0.0851. The molecule has 10 heteroatoms. The fourth-order valence-electron chi connectivity index (χ4n) is 8.18. The van der Waals surface area contributed by atoms with E-state index in [4.69, 9.17) is 24.1 Å². The standard InChI is InChI=1S/C47H33BN6O2.Pt/c1-47(2,3)34-26-27-41(54-39-24-14-13-23-38(39)53-37-22-12-11-21-36(37)50-46(53)54)51-45(34)55-32-28-35-44(49-29-32)52(31-18-8-5-9-19-31)42-33-20-10-15-25-40(33)56-43(42)48(35)30-16-6-4-7-17-30;/h4-18,20-23,25-29H,1-3H3;/q-2;+2. The largest absolute Gasteiger partial charge is 2.00 e. The average Bonchev–Trinajstić information content (AvgIpc) is 3.89. The first kappa shape index (κ1) is 35.0. The van der Waals surface area contributed by atoms with Crippen molar-refractivity contribution >= 4 is 79.3 Å². The number of nitrogens with zero attached hydrogens (tertiary/aromatic N) is 6. The van der Waals surface area contributed by atoms with Gasteiger partial charge in [-0.05, 0) is 64.4 Å². The number of ether oxygens (including phenoxy) is 1. The Bertz CT molecular complexity index is 3130. The van der Waals surface area contributed by atoms with Crippen molar-refractivity contribution in [3.8, 4) is 17.4 Å². The van der Waals surface area contributed by atoms with E-state index in [-0.39, 0.29) is 33.2 Å². The number of hydrogen-bond acceptors (Lipinski definition) is 6. The molecule has 6 heterocycles. The van der Waals surface area contributed by atoms with Crippen LogP contribution in [0.1, 0.15) is 26.3 Å². The van der Waals surface area contributed by atoms with Crippen LogP contribution in [0, 0.1) is 12.1 Å². The van der Waals surface area contributed by atoms with E-state index in [1.54, 1.807) is 6.20 Å². The number of rotatable bonds is 5. The molecule has 10 aromatic rings. The van der Waals surface area contributed by atoms with Gasteiger partial charge >= 0.3 is 21.1 Å². The summed E-state index contributed by atoms with van der Waals surface area (Å²) in [6, 6.07) is 54.0.